The van der Waals surface area contributed by atoms with Gasteiger partial charge in [-0.15, -0.1) is 0 Å². The molecule has 0 unspecified atom stereocenters. The first-order valence-corrected chi connectivity index (χ1v) is 10.3. The smallest absolute Gasteiger partial charge is 0.290 e. The van der Waals surface area contributed by atoms with Crippen LogP contribution in [0.4, 0.5) is 11.8 Å². The van der Waals surface area contributed by atoms with Gasteiger partial charge in [0, 0.05) is 36.2 Å². The Kier molecular flexibility index (Phi) is 10.1. The molecule has 34 heavy (non-hydrogen) atoms. The van der Waals surface area contributed by atoms with Crippen molar-refractivity contribution in [2.45, 2.75) is 31.3 Å². The summed E-state index contributed by atoms with van der Waals surface area (Å²) in [4.78, 5) is 37.4. The Labute approximate surface area is 195 Å². The first kappa shape index (κ1) is 25.9. The Hall–Kier alpha value is -4.32. The largest absolute Gasteiger partial charge is 0.483 e. The van der Waals surface area contributed by atoms with Crippen LogP contribution in [0.2, 0.25) is 0 Å². The van der Waals surface area contributed by atoms with Crippen molar-refractivity contribution in [3.8, 4) is 11.3 Å². The van der Waals surface area contributed by atoms with E-state index in [1.54, 1.807) is 6.07 Å². The summed E-state index contributed by atoms with van der Waals surface area (Å²) in [5.41, 5.74) is 14.2. The van der Waals surface area contributed by atoms with Crippen LogP contribution in [0.1, 0.15) is 24.5 Å². The van der Waals surface area contributed by atoms with Gasteiger partial charge in [-0.1, -0.05) is 30.3 Å². The molecule has 1 fully saturated rings. The number of carboxylic acid groups (broad SMARTS) is 2. The molecule has 1 saturated carbocycles. The highest BCUT2D eigenvalue weighted by atomic mass is 16.3. The van der Waals surface area contributed by atoms with Gasteiger partial charge < -0.3 is 27.0 Å². The minimum absolute atomic E-state index is 0.146. The zero-order valence-electron chi connectivity index (χ0n) is 18.3. The molecule has 2 aromatic heterocycles. The first-order valence-electron chi connectivity index (χ1n) is 10.3. The highest BCUT2D eigenvalue weighted by Crippen LogP contribution is 2.35. The van der Waals surface area contributed by atoms with E-state index in [1.807, 2.05) is 36.4 Å². The van der Waals surface area contributed by atoms with E-state index in [2.05, 4.69) is 20.4 Å². The van der Waals surface area contributed by atoms with Crippen molar-refractivity contribution in [1.82, 2.24) is 19.7 Å². The van der Waals surface area contributed by atoms with Crippen molar-refractivity contribution >= 4 is 24.7 Å². The molecule has 180 valence electrons. The van der Waals surface area contributed by atoms with E-state index in [0.717, 1.165) is 29.8 Å². The molecule has 3 aromatic rings. The monoisotopic (exact) mass is 469 g/mol. The van der Waals surface area contributed by atoms with Crippen LogP contribution in [0.5, 0.6) is 0 Å². The van der Waals surface area contributed by atoms with Crippen molar-refractivity contribution in [3.05, 3.63) is 64.6 Å². The molecule has 12 nitrogen and oxygen atoms in total. The number of aromatic nitrogens is 4. The molecule has 1 aromatic carbocycles. The lowest BCUT2D eigenvalue weighted by Gasteiger charge is -2.32. The van der Waals surface area contributed by atoms with Crippen LogP contribution in [-0.2, 0) is 16.1 Å². The zero-order chi connectivity index (χ0) is 24.9. The van der Waals surface area contributed by atoms with Crippen LogP contribution < -0.4 is 22.3 Å². The molecule has 2 heterocycles. The quantitative estimate of drug-likeness (QED) is 0.323. The van der Waals surface area contributed by atoms with Crippen molar-refractivity contribution in [1.29, 1.82) is 0 Å². The normalized spacial score (nSPS) is 15.9. The number of benzene rings is 1. The summed E-state index contributed by atoms with van der Waals surface area (Å²) < 4.78 is 1.45. The van der Waals surface area contributed by atoms with E-state index >= 15 is 0 Å². The highest BCUT2D eigenvalue weighted by Gasteiger charge is 2.29. The molecular weight excluding hydrogens is 442 g/mol. The van der Waals surface area contributed by atoms with Gasteiger partial charge in [0.2, 0.25) is 5.95 Å². The fraction of sp³-hybridized carbons (Fsp3) is 0.273. The van der Waals surface area contributed by atoms with Gasteiger partial charge in [0.05, 0.1) is 17.9 Å². The van der Waals surface area contributed by atoms with Gasteiger partial charge in [-0.2, -0.15) is 10.1 Å². The summed E-state index contributed by atoms with van der Waals surface area (Å²) in [5.74, 6) is 1.23. The van der Waals surface area contributed by atoms with Crippen LogP contribution in [0.15, 0.2) is 53.3 Å². The van der Waals surface area contributed by atoms with Gasteiger partial charge in [-0.3, -0.25) is 14.4 Å². The molecule has 4 rings (SSSR count). The van der Waals surface area contributed by atoms with Crippen LogP contribution in [-0.4, -0.2) is 55.5 Å². The number of nitrogens with one attached hydrogen (secondary N) is 1. The standard InChI is InChI=1S/C20H23N7O.2CH2O2/c21-15-10-14(11-15)17-12-18(25-20(22)24-17)23-8-9-27-19(28)7-6-16(26-27)13-4-2-1-3-5-13;2*2-1-3/h1-7,12,14-15H,8-11,21H2,(H3,22,23,24,25);2*1H,(H,2,3). The van der Waals surface area contributed by atoms with Gasteiger partial charge in [0.1, 0.15) is 5.82 Å². The molecule has 7 N–H and O–H groups in total. The number of nitrogens with zero attached hydrogens (tertiary/aromatic N) is 4. The second kappa shape index (κ2) is 13.3. The molecular formula is C22H27N7O5. The Morgan fingerprint density at radius 2 is 1.71 bits per heavy atom. The molecule has 1 aliphatic carbocycles. The number of carbonyl (C=O) groups is 2. The van der Waals surface area contributed by atoms with E-state index in [9.17, 15) is 4.79 Å². The molecule has 0 atom stereocenters. The Morgan fingerprint density at radius 3 is 2.32 bits per heavy atom. The zero-order valence-corrected chi connectivity index (χ0v) is 18.3. The van der Waals surface area contributed by atoms with Crippen molar-refractivity contribution in [3.63, 3.8) is 0 Å². The third kappa shape index (κ3) is 7.67. The topological polar surface area (TPSA) is 199 Å². The molecule has 0 bridgehead atoms. The summed E-state index contributed by atoms with van der Waals surface area (Å²) >= 11 is 0. The van der Waals surface area contributed by atoms with E-state index < -0.39 is 0 Å². The van der Waals surface area contributed by atoms with Crippen LogP contribution in [0.25, 0.3) is 11.3 Å². The molecule has 0 saturated heterocycles. The van der Waals surface area contributed by atoms with Crippen molar-refractivity contribution in [2.24, 2.45) is 5.73 Å². The minimum Gasteiger partial charge on any atom is -0.483 e. The summed E-state index contributed by atoms with van der Waals surface area (Å²) in [6, 6.07) is 15.2. The maximum atomic E-state index is 12.1. The lowest BCUT2D eigenvalue weighted by atomic mass is 9.78. The van der Waals surface area contributed by atoms with Crippen LogP contribution >= 0.6 is 0 Å². The molecule has 0 radical (unpaired) electrons. The maximum Gasteiger partial charge on any atom is 0.290 e. The van der Waals surface area contributed by atoms with Gasteiger partial charge >= 0.3 is 0 Å². The van der Waals surface area contributed by atoms with Gasteiger partial charge in [0.15, 0.2) is 0 Å². The second-order valence-electron chi connectivity index (χ2n) is 7.25. The van der Waals surface area contributed by atoms with E-state index in [1.165, 1.54) is 10.7 Å². The number of hydrogen-bond acceptors (Lipinski definition) is 9. The highest BCUT2D eigenvalue weighted by molar-refractivity contribution is 5.57. The predicted molar refractivity (Wildman–Crippen MR) is 126 cm³/mol. The van der Waals surface area contributed by atoms with E-state index in [-0.39, 0.29) is 30.5 Å². The molecule has 1 aliphatic rings. The fourth-order valence-electron chi connectivity index (χ4n) is 3.35. The lowest BCUT2D eigenvalue weighted by Crippen LogP contribution is -2.35. The Bertz CT molecular complexity index is 1110. The van der Waals surface area contributed by atoms with Crippen LogP contribution in [0, 0.1) is 0 Å². The van der Waals surface area contributed by atoms with Gasteiger partial charge in [-0.05, 0) is 18.9 Å². The fourth-order valence-corrected chi connectivity index (χ4v) is 3.35. The Morgan fingerprint density at radius 1 is 1.06 bits per heavy atom. The molecule has 0 aliphatic heterocycles. The summed E-state index contributed by atoms with van der Waals surface area (Å²) in [7, 11) is 0. The second-order valence-corrected chi connectivity index (χ2v) is 7.25. The molecule has 0 spiro atoms. The van der Waals surface area contributed by atoms with Crippen molar-refractivity contribution in [2.75, 3.05) is 17.6 Å². The average molecular weight is 470 g/mol. The lowest BCUT2D eigenvalue weighted by molar-refractivity contribution is -0.123. The minimum atomic E-state index is -0.250. The number of nitrogen functional groups attached to an aromatic ring is 1. The van der Waals surface area contributed by atoms with Crippen LogP contribution in [0.3, 0.4) is 0 Å². The number of anilines is 2. The molecule has 12 heteroatoms. The predicted octanol–water partition coefficient (Wildman–Crippen LogP) is 1.00. The third-order valence-corrected chi connectivity index (χ3v) is 4.92. The number of hydrogen-bond donors (Lipinski definition) is 5. The van der Waals surface area contributed by atoms with Crippen molar-refractivity contribution < 1.29 is 19.8 Å². The summed E-state index contributed by atoms with van der Waals surface area (Å²) in [6.45, 7) is 0.401. The van der Waals surface area contributed by atoms with E-state index in [0.29, 0.717) is 24.8 Å². The first-order chi connectivity index (χ1) is 16.4. The van der Waals surface area contributed by atoms with Gasteiger partial charge in [-0.25, -0.2) is 9.67 Å². The Balaban J connectivity index is 0.000000618. The third-order valence-electron chi connectivity index (χ3n) is 4.92. The number of rotatable bonds is 6. The number of nitrogens with two attached hydrogens (primary N) is 2. The maximum absolute atomic E-state index is 12.1. The SMILES string of the molecule is Nc1nc(NCCn2nc(-c3ccccc3)ccc2=O)cc(C2CC(N)C2)n1.O=CO.O=CO. The summed E-state index contributed by atoms with van der Waals surface area (Å²) in [5, 5.41) is 21.5. The molecule has 0 amide bonds. The van der Waals surface area contributed by atoms with E-state index in [4.69, 9.17) is 31.3 Å². The summed E-state index contributed by atoms with van der Waals surface area (Å²) in [6.07, 6.45) is 1.84. The average Bonchev–Trinajstić information content (AvgIpc) is 2.79. The van der Waals surface area contributed by atoms with Gasteiger partial charge in [0.25, 0.3) is 18.5 Å².